The van der Waals surface area contributed by atoms with E-state index in [9.17, 15) is 4.79 Å². The van der Waals surface area contributed by atoms with Crippen molar-refractivity contribution in [3.63, 3.8) is 0 Å². The first-order valence-corrected chi connectivity index (χ1v) is 7.54. The third-order valence-electron chi connectivity index (χ3n) is 3.19. The van der Waals surface area contributed by atoms with Crippen molar-refractivity contribution in [3.8, 4) is 0 Å². The van der Waals surface area contributed by atoms with Crippen molar-refractivity contribution < 1.29 is 9.53 Å². The second-order valence-corrected chi connectivity index (χ2v) is 6.47. The van der Waals surface area contributed by atoms with Gasteiger partial charge in [0.2, 0.25) is 5.91 Å². The fourth-order valence-electron chi connectivity index (χ4n) is 2.20. The Labute approximate surface area is 119 Å². The fraction of sp³-hybridized carbons (Fsp3) is 0.583. The summed E-state index contributed by atoms with van der Waals surface area (Å²) in [4.78, 5) is 13.4. The van der Waals surface area contributed by atoms with Crippen molar-refractivity contribution in [2.24, 2.45) is 5.41 Å². The molecule has 1 atom stereocenters. The summed E-state index contributed by atoms with van der Waals surface area (Å²) in [5.41, 5.74) is -0.400. The van der Waals surface area contributed by atoms with Crippen LogP contribution in [0.5, 0.6) is 0 Å². The zero-order chi connectivity index (χ0) is 13.0. The Morgan fingerprint density at radius 3 is 3.11 bits per heavy atom. The Bertz CT molecular complexity index is 416. The summed E-state index contributed by atoms with van der Waals surface area (Å²) < 4.78 is 6.26. The van der Waals surface area contributed by atoms with Gasteiger partial charge >= 0.3 is 0 Å². The van der Waals surface area contributed by atoms with Crippen LogP contribution in [0.2, 0.25) is 0 Å². The SMILES string of the molecule is COCC1(C(=O)NCc2cc(Br)cs2)CCNC1. The molecular weight excluding hydrogens is 316 g/mol. The molecule has 1 amide bonds. The van der Waals surface area contributed by atoms with Crippen LogP contribution in [0.15, 0.2) is 15.9 Å². The third kappa shape index (κ3) is 3.12. The molecule has 1 aliphatic heterocycles. The van der Waals surface area contributed by atoms with Crippen molar-refractivity contribution in [1.29, 1.82) is 0 Å². The monoisotopic (exact) mass is 332 g/mol. The molecule has 4 nitrogen and oxygen atoms in total. The van der Waals surface area contributed by atoms with Gasteiger partial charge < -0.3 is 15.4 Å². The lowest BCUT2D eigenvalue weighted by Gasteiger charge is -2.25. The van der Waals surface area contributed by atoms with E-state index in [-0.39, 0.29) is 5.91 Å². The zero-order valence-electron chi connectivity index (χ0n) is 10.3. The van der Waals surface area contributed by atoms with Gasteiger partial charge in [0.15, 0.2) is 0 Å². The quantitative estimate of drug-likeness (QED) is 0.863. The summed E-state index contributed by atoms with van der Waals surface area (Å²) in [6, 6.07) is 2.03. The number of carbonyl (C=O) groups is 1. The van der Waals surface area contributed by atoms with Crippen molar-refractivity contribution in [1.82, 2.24) is 10.6 Å². The molecule has 100 valence electrons. The van der Waals surface area contributed by atoms with Crippen LogP contribution in [0.1, 0.15) is 11.3 Å². The molecule has 18 heavy (non-hydrogen) atoms. The van der Waals surface area contributed by atoms with Gasteiger partial charge in [-0.2, -0.15) is 0 Å². The maximum absolute atomic E-state index is 12.3. The van der Waals surface area contributed by atoms with E-state index in [1.54, 1.807) is 18.4 Å². The van der Waals surface area contributed by atoms with Gasteiger partial charge in [-0.05, 0) is 35.0 Å². The predicted octanol–water partition coefficient (Wildman–Crippen LogP) is 1.75. The zero-order valence-corrected chi connectivity index (χ0v) is 12.7. The van der Waals surface area contributed by atoms with E-state index in [0.717, 1.165) is 22.3 Å². The number of thiophene rings is 1. The normalized spacial score (nSPS) is 23.2. The molecule has 1 aromatic heterocycles. The number of methoxy groups -OCH3 is 1. The van der Waals surface area contributed by atoms with E-state index in [2.05, 4.69) is 26.6 Å². The van der Waals surface area contributed by atoms with Crippen LogP contribution in [0.4, 0.5) is 0 Å². The molecular formula is C12H17BrN2O2S. The highest BCUT2D eigenvalue weighted by molar-refractivity contribution is 9.10. The first-order chi connectivity index (χ1) is 8.66. The van der Waals surface area contributed by atoms with Gasteiger partial charge in [0, 0.05) is 28.4 Å². The Morgan fingerprint density at radius 2 is 2.56 bits per heavy atom. The van der Waals surface area contributed by atoms with Crippen molar-refractivity contribution in [2.75, 3.05) is 26.8 Å². The van der Waals surface area contributed by atoms with Crippen LogP contribution < -0.4 is 10.6 Å². The Morgan fingerprint density at radius 1 is 1.72 bits per heavy atom. The number of rotatable bonds is 5. The summed E-state index contributed by atoms with van der Waals surface area (Å²) in [5.74, 6) is 0.0823. The summed E-state index contributed by atoms with van der Waals surface area (Å²) in [6.45, 7) is 2.63. The fourth-order valence-corrected chi connectivity index (χ4v) is 3.59. The van der Waals surface area contributed by atoms with Crippen LogP contribution in [-0.4, -0.2) is 32.7 Å². The van der Waals surface area contributed by atoms with E-state index < -0.39 is 5.41 Å². The van der Waals surface area contributed by atoms with Gasteiger partial charge in [-0.3, -0.25) is 4.79 Å². The largest absolute Gasteiger partial charge is 0.384 e. The maximum atomic E-state index is 12.3. The second kappa shape index (κ2) is 6.14. The average Bonchev–Trinajstić information content (AvgIpc) is 2.97. The van der Waals surface area contributed by atoms with E-state index in [1.807, 2.05) is 11.4 Å². The van der Waals surface area contributed by atoms with Crippen LogP contribution in [0.25, 0.3) is 0 Å². The average molecular weight is 333 g/mol. The Hall–Kier alpha value is -0.430. The van der Waals surface area contributed by atoms with Gasteiger partial charge in [-0.25, -0.2) is 0 Å². The van der Waals surface area contributed by atoms with E-state index in [4.69, 9.17) is 4.74 Å². The molecule has 0 aromatic carbocycles. The molecule has 1 saturated heterocycles. The molecule has 1 aromatic rings. The molecule has 0 saturated carbocycles. The molecule has 1 fully saturated rings. The van der Waals surface area contributed by atoms with E-state index in [0.29, 0.717) is 19.7 Å². The molecule has 0 aliphatic carbocycles. The van der Waals surface area contributed by atoms with Crippen LogP contribution >= 0.6 is 27.3 Å². The Kier molecular flexibility index (Phi) is 4.77. The lowest BCUT2D eigenvalue weighted by atomic mass is 9.87. The van der Waals surface area contributed by atoms with Gasteiger partial charge in [0.1, 0.15) is 0 Å². The second-order valence-electron chi connectivity index (χ2n) is 4.55. The summed E-state index contributed by atoms with van der Waals surface area (Å²) in [6.07, 6.45) is 0.834. The molecule has 1 unspecified atom stereocenters. The highest BCUT2D eigenvalue weighted by Gasteiger charge is 2.41. The number of carbonyl (C=O) groups excluding carboxylic acids is 1. The topological polar surface area (TPSA) is 50.4 Å². The lowest BCUT2D eigenvalue weighted by Crippen LogP contribution is -2.45. The minimum Gasteiger partial charge on any atom is -0.384 e. The van der Waals surface area contributed by atoms with Crippen molar-refractivity contribution in [3.05, 3.63) is 20.8 Å². The molecule has 2 N–H and O–H groups in total. The lowest BCUT2D eigenvalue weighted by molar-refractivity contribution is -0.133. The van der Waals surface area contributed by atoms with Gasteiger partial charge in [0.05, 0.1) is 18.6 Å². The molecule has 0 bridgehead atoms. The van der Waals surface area contributed by atoms with Gasteiger partial charge in [0.25, 0.3) is 0 Å². The Balaban J connectivity index is 1.93. The minimum absolute atomic E-state index is 0.0823. The smallest absolute Gasteiger partial charge is 0.230 e. The number of halogens is 1. The third-order valence-corrected chi connectivity index (χ3v) is 4.89. The van der Waals surface area contributed by atoms with Crippen LogP contribution in [-0.2, 0) is 16.1 Å². The van der Waals surface area contributed by atoms with Crippen LogP contribution in [0.3, 0.4) is 0 Å². The summed E-state index contributed by atoms with van der Waals surface area (Å²) >= 11 is 5.05. The number of nitrogens with one attached hydrogen (secondary N) is 2. The molecule has 6 heteroatoms. The minimum atomic E-state index is -0.400. The number of hydrogen-bond acceptors (Lipinski definition) is 4. The van der Waals surface area contributed by atoms with Crippen molar-refractivity contribution in [2.45, 2.75) is 13.0 Å². The van der Waals surface area contributed by atoms with Gasteiger partial charge in [-0.1, -0.05) is 0 Å². The highest BCUT2D eigenvalue weighted by atomic mass is 79.9. The van der Waals surface area contributed by atoms with E-state index >= 15 is 0 Å². The van der Waals surface area contributed by atoms with E-state index in [1.165, 1.54) is 0 Å². The first kappa shape index (κ1) is 14.0. The van der Waals surface area contributed by atoms with Crippen molar-refractivity contribution >= 4 is 33.2 Å². The van der Waals surface area contributed by atoms with Crippen LogP contribution in [0, 0.1) is 5.41 Å². The summed E-state index contributed by atoms with van der Waals surface area (Å²) in [5, 5.41) is 8.26. The molecule has 0 spiro atoms. The summed E-state index contributed by atoms with van der Waals surface area (Å²) in [7, 11) is 1.64. The standard InChI is InChI=1S/C12H17BrN2O2S/c1-17-8-12(2-3-14-7-12)11(16)15-5-10-4-9(13)6-18-10/h4,6,14H,2-3,5,7-8H2,1H3,(H,15,16). The number of amides is 1. The molecule has 2 rings (SSSR count). The first-order valence-electron chi connectivity index (χ1n) is 5.87. The number of ether oxygens (including phenoxy) is 1. The predicted molar refractivity (Wildman–Crippen MR) is 75.7 cm³/mol. The molecule has 1 aliphatic rings. The maximum Gasteiger partial charge on any atom is 0.230 e. The highest BCUT2D eigenvalue weighted by Crippen LogP contribution is 2.26. The molecule has 2 heterocycles. The molecule has 0 radical (unpaired) electrons. The van der Waals surface area contributed by atoms with Gasteiger partial charge in [-0.15, -0.1) is 11.3 Å². The number of hydrogen-bond donors (Lipinski definition) is 2.